The molecular weight excluding hydrogens is 290 g/mol. The molecule has 5 nitrogen and oxygen atoms in total. The van der Waals surface area contributed by atoms with Gasteiger partial charge in [0.25, 0.3) is 0 Å². The van der Waals surface area contributed by atoms with E-state index in [-0.39, 0.29) is 12.6 Å². The van der Waals surface area contributed by atoms with Crippen LogP contribution >= 0.6 is 0 Å². The highest BCUT2D eigenvalue weighted by atomic mass is 16.3. The summed E-state index contributed by atoms with van der Waals surface area (Å²) < 4.78 is 0. The third-order valence-electron chi connectivity index (χ3n) is 4.44. The minimum absolute atomic E-state index is 0.184. The van der Waals surface area contributed by atoms with E-state index in [0.29, 0.717) is 6.54 Å². The van der Waals surface area contributed by atoms with Crippen molar-refractivity contribution in [3.05, 3.63) is 35.9 Å². The number of carbonyl (C=O) groups is 1. The molecule has 1 aliphatic rings. The minimum atomic E-state index is -1.07. The third-order valence-corrected chi connectivity index (χ3v) is 4.44. The molecule has 3 N–H and O–H groups in total. The topological polar surface area (TPSA) is 64.6 Å². The van der Waals surface area contributed by atoms with Gasteiger partial charge in [0, 0.05) is 19.6 Å². The van der Waals surface area contributed by atoms with Gasteiger partial charge in [0.15, 0.2) is 0 Å². The van der Waals surface area contributed by atoms with Crippen LogP contribution < -0.4 is 10.6 Å². The molecule has 1 aromatic carbocycles. The van der Waals surface area contributed by atoms with Crippen LogP contribution in [-0.2, 0) is 5.60 Å². The summed E-state index contributed by atoms with van der Waals surface area (Å²) in [5, 5.41) is 16.1. The van der Waals surface area contributed by atoms with Gasteiger partial charge in [0.05, 0.1) is 6.54 Å². The maximum absolute atomic E-state index is 11.9. The van der Waals surface area contributed by atoms with E-state index in [4.69, 9.17) is 0 Å². The number of hydrogen-bond donors (Lipinski definition) is 3. The quantitative estimate of drug-likeness (QED) is 0.751. The zero-order valence-electron chi connectivity index (χ0n) is 14.2. The average Bonchev–Trinajstić information content (AvgIpc) is 2.54. The van der Waals surface area contributed by atoms with Gasteiger partial charge in [0.2, 0.25) is 0 Å². The van der Waals surface area contributed by atoms with E-state index in [2.05, 4.69) is 22.5 Å². The molecule has 0 aromatic heterocycles. The molecule has 2 unspecified atom stereocenters. The van der Waals surface area contributed by atoms with Crippen molar-refractivity contribution in [3.8, 4) is 0 Å². The van der Waals surface area contributed by atoms with Gasteiger partial charge >= 0.3 is 6.03 Å². The maximum atomic E-state index is 11.9. The molecule has 2 atom stereocenters. The standard InChI is InChI=1S/C18H29N3O2/c1-15-7-6-11-21(13-15)12-10-19-17(22)20-14-18(2,23)16-8-4-3-5-9-16/h3-5,8-9,15,23H,6-7,10-14H2,1-2H3,(H2,19,20,22). The van der Waals surface area contributed by atoms with Gasteiger partial charge in [-0.05, 0) is 37.8 Å². The average molecular weight is 319 g/mol. The number of hydrogen-bond acceptors (Lipinski definition) is 3. The van der Waals surface area contributed by atoms with E-state index in [1.807, 2.05) is 30.3 Å². The van der Waals surface area contributed by atoms with Crippen LogP contribution in [0.2, 0.25) is 0 Å². The van der Waals surface area contributed by atoms with Crippen LogP contribution in [0.3, 0.4) is 0 Å². The molecule has 0 aliphatic carbocycles. The number of rotatable bonds is 6. The Morgan fingerprint density at radius 1 is 1.35 bits per heavy atom. The second-order valence-electron chi connectivity index (χ2n) is 6.80. The highest BCUT2D eigenvalue weighted by Crippen LogP contribution is 2.18. The van der Waals surface area contributed by atoms with Gasteiger partial charge in [0.1, 0.15) is 5.60 Å². The summed E-state index contributed by atoms with van der Waals surface area (Å²) in [5.41, 5.74) is -0.274. The van der Waals surface area contributed by atoms with E-state index in [0.717, 1.165) is 31.1 Å². The largest absolute Gasteiger partial charge is 0.384 e. The van der Waals surface area contributed by atoms with E-state index >= 15 is 0 Å². The zero-order chi connectivity index (χ0) is 16.7. The van der Waals surface area contributed by atoms with Gasteiger partial charge in [-0.3, -0.25) is 0 Å². The van der Waals surface area contributed by atoms with Gasteiger partial charge < -0.3 is 20.6 Å². The van der Waals surface area contributed by atoms with Crippen LogP contribution in [0.5, 0.6) is 0 Å². The van der Waals surface area contributed by atoms with Gasteiger partial charge in [-0.1, -0.05) is 37.3 Å². The van der Waals surface area contributed by atoms with Crippen molar-refractivity contribution in [2.45, 2.75) is 32.3 Å². The molecule has 2 rings (SSSR count). The van der Waals surface area contributed by atoms with Crippen molar-refractivity contribution in [3.63, 3.8) is 0 Å². The SMILES string of the molecule is CC1CCCN(CCNC(=O)NCC(C)(O)c2ccccc2)C1. The smallest absolute Gasteiger partial charge is 0.314 e. The molecule has 0 saturated carbocycles. The molecular formula is C18H29N3O2. The van der Waals surface area contributed by atoms with Crippen LogP contribution in [-0.4, -0.2) is 48.8 Å². The Hall–Kier alpha value is -1.59. The summed E-state index contributed by atoms with van der Waals surface area (Å²) in [4.78, 5) is 14.3. The summed E-state index contributed by atoms with van der Waals surface area (Å²) in [5.74, 6) is 0.749. The molecule has 128 valence electrons. The number of piperidine rings is 1. The molecule has 2 amide bonds. The molecule has 0 spiro atoms. The highest BCUT2D eigenvalue weighted by Gasteiger charge is 2.23. The van der Waals surface area contributed by atoms with Gasteiger partial charge in [-0.15, -0.1) is 0 Å². The lowest BCUT2D eigenvalue weighted by Gasteiger charge is -2.30. The second-order valence-corrected chi connectivity index (χ2v) is 6.80. The van der Waals surface area contributed by atoms with Gasteiger partial charge in [-0.25, -0.2) is 4.79 Å². The Labute approximate surface area is 139 Å². The number of aliphatic hydroxyl groups is 1. The monoisotopic (exact) mass is 319 g/mol. The first-order valence-electron chi connectivity index (χ1n) is 8.49. The molecule has 1 aliphatic heterocycles. The van der Waals surface area contributed by atoms with Crippen molar-refractivity contribution in [1.29, 1.82) is 0 Å². The summed E-state index contributed by atoms with van der Waals surface area (Å²) >= 11 is 0. The summed E-state index contributed by atoms with van der Waals surface area (Å²) in [7, 11) is 0. The molecule has 1 heterocycles. The number of amides is 2. The highest BCUT2D eigenvalue weighted by molar-refractivity contribution is 5.73. The van der Waals surface area contributed by atoms with Crippen molar-refractivity contribution in [1.82, 2.24) is 15.5 Å². The van der Waals surface area contributed by atoms with Crippen LogP contribution in [0.4, 0.5) is 4.79 Å². The zero-order valence-corrected chi connectivity index (χ0v) is 14.2. The van der Waals surface area contributed by atoms with Crippen molar-refractivity contribution in [2.24, 2.45) is 5.92 Å². The number of likely N-dealkylation sites (tertiary alicyclic amines) is 1. The van der Waals surface area contributed by atoms with Crippen LogP contribution in [0.25, 0.3) is 0 Å². The first kappa shape index (κ1) is 17.8. The van der Waals surface area contributed by atoms with E-state index < -0.39 is 5.60 Å². The number of benzene rings is 1. The van der Waals surface area contributed by atoms with Crippen molar-refractivity contribution in [2.75, 3.05) is 32.7 Å². The Morgan fingerprint density at radius 3 is 2.78 bits per heavy atom. The molecule has 0 bridgehead atoms. The van der Waals surface area contributed by atoms with Crippen LogP contribution in [0.15, 0.2) is 30.3 Å². The van der Waals surface area contributed by atoms with Crippen molar-refractivity contribution >= 4 is 6.03 Å². The third kappa shape index (κ3) is 5.84. The molecule has 1 saturated heterocycles. The fourth-order valence-electron chi connectivity index (χ4n) is 3.03. The molecule has 23 heavy (non-hydrogen) atoms. The predicted octanol–water partition coefficient (Wildman–Crippen LogP) is 1.93. The Bertz CT molecular complexity index is 490. The molecule has 1 fully saturated rings. The summed E-state index contributed by atoms with van der Waals surface area (Å²) in [6.07, 6.45) is 2.55. The normalized spacial score (nSPS) is 21.4. The van der Waals surface area contributed by atoms with E-state index in [1.165, 1.54) is 12.8 Å². The van der Waals surface area contributed by atoms with E-state index in [1.54, 1.807) is 6.92 Å². The van der Waals surface area contributed by atoms with Gasteiger partial charge in [-0.2, -0.15) is 0 Å². The van der Waals surface area contributed by atoms with Crippen LogP contribution in [0.1, 0.15) is 32.3 Å². The Morgan fingerprint density at radius 2 is 2.09 bits per heavy atom. The van der Waals surface area contributed by atoms with Crippen molar-refractivity contribution < 1.29 is 9.90 Å². The predicted molar refractivity (Wildman–Crippen MR) is 92.3 cm³/mol. The summed E-state index contributed by atoms with van der Waals surface area (Å²) in [6.45, 7) is 7.92. The van der Waals surface area contributed by atoms with E-state index in [9.17, 15) is 9.90 Å². The lowest BCUT2D eigenvalue weighted by atomic mass is 9.96. The first-order chi connectivity index (χ1) is 11.0. The molecule has 0 radical (unpaired) electrons. The number of carbonyl (C=O) groups excluding carboxylic acids is 1. The minimum Gasteiger partial charge on any atom is -0.384 e. The fourth-order valence-corrected chi connectivity index (χ4v) is 3.03. The molecule has 5 heteroatoms. The fraction of sp³-hybridized carbons (Fsp3) is 0.611. The number of urea groups is 1. The Kier molecular flexibility index (Phi) is 6.42. The van der Waals surface area contributed by atoms with Crippen LogP contribution in [0, 0.1) is 5.92 Å². The number of nitrogens with zero attached hydrogens (tertiary/aromatic N) is 1. The lowest BCUT2D eigenvalue weighted by Crippen LogP contribution is -2.46. The first-order valence-corrected chi connectivity index (χ1v) is 8.49. The summed E-state index contributed by atoms with van der Waals surface area (Å²) in [6, 6.07) is 9.15. The maximum Gasteiger partial charge on any atom is 0.314 e. The second kappa shape index (κ2) is 8.31. The lowest BCUT2D eigenvalue weighted by molar-refractivity contribution is 0.0593. The molecule has 1 aromatic rings. The number of nitrogens with one attached hydrogen (secondary N) is 2. The Balaban J connectivity index is 1.67.